The molecule has 6 heteroatoms. The standard InChI is InChI=1S/C11H7ClF3NO/c12-8-5-4-7(2-1-3-10(16)17)9(6-8)11(13,14)15/h4-6H,3H2,(H2,16,17). The number of carbonyl (C=O) groups excluding carboxylic acids is 1. The maximum absolute atomic E-state index is 12.6. The Balaban J connectivity index is 3.14. The van der Waals surface area contributed by atoms with Gasteiger partial charge in [-0.3, -0.25) is 4.79 Å². The summed E-state index contributed by atoms with van der Waals surface area (Å²) in [5.41, 5.74) is 3.66. The van der Waals surface area contributed by atoms with Gasteiger partial charge < -0.3 is 5.73 Å². The van der Waals surface area contributed by atoms with Crippen LogP contribution in [0.5, 0.6) is 0 Å². The predicted molar refractivity (Wildman–Crippen MR) is 57.1 cm³/mol. The topological polar surface area (TPSA) is 43.1 Å². The molecule has 0 saturated heterocycles. The Labute approximate surface area is 101 Å². The van der Waals surface area contributed by atoms with Gasteiger partial charge in [0.1, 0.15) is 0 Å². The van der Waals surface area contributed by atoms with Crippen LogP contribution in [0.15, 0.2) is 18.2 Å². The predicted octanol–water partition coefficient (Wildman–Crippen LogP) is 2.59. The van der Waals surface area contributed by atoms with E-state index in [0.717, 1.165) is 12.1 Å². The van der Waals surface area contributed by atoms with E-state index >= 15 is 0 Å². The van der Waals surface area contributed by atoms with Crippen LogP contribution < -0.4 is 5.73 Å². The minimum absolute atomic E-state index is 0.0298. The average Bonchev–Trinajstić information content (AvgIpc) is 2.18. The molecule has 1 rings (SSSR count). The first-order valence-electron chi connectivity index (χ1n) is 4.44. The second-order valence-electron chi connectivity index (χ2n) is 3.13. The van der Waals surface area contributed by atoms with E-state index in [1.165, 1.54) is 6.07 Å². The van der Waals surface area contributed by atoms with Crippen LogP contribution in [0.4, 0.5) is 13.2 Å². The Hall–Kier alpha value is -1.67. The van der Waals surface area contributed by atoms with Gasteiger partial charge in [-0.15, -0.1) is 0 Å². The molecular weight excluding hydrogens is 255 g/mol. The fourth-order valence-corrected chi connectivity index (χ4v) is 1.26. The van der Waals surface area contributed by atoms with Gasteiger partial charge in [0.25, 0.3) is 0 Å². The van der Waals surface area contributed by atoms with Crippen molar-refractivity contribution in [1.82, 2.24) is 0 Å². The van der Waals surface area contributed by atoms with Crippen molar-refractivity contribution in [3.05, 3.63) is 34.3 Å². The van der Waals surface area contributed by atoms with Gasteiger partial charge in [0.05, 0.1) is 12.0 Å². The SMILES string of the molecule is NC(=O)CC#Cc1ccc(Cl)cc1C(F)(F)F. The molecule has 0 aliphatic heterocycles. The van der Waals surface area contributed by atoms with Crippen LogP contribution in [0.1, 0.15) is 17.5 Å². The van der Waals surface area contributed by atoms with Crippen LogP contribution in [0, 0.1) is 11.8 Å². The van der Waals surface area contributed by atoms with Crippen molar-refractivity contribution in [3.63, 3.8) is 0 Å². The van der Waals surface area contributed by atoms with E-state index in [2.05, 4.69) is 11.8 Å². The van der Waals surface area contributed by atoms with Gasteiger partial charge in [0.15, 0.2) is 0 Å². The second kappa shape index (κ2) is 5.11. The van der Waals surface area contributed by atoms with Gasteiger partial charge >= 0.3 is 6.18 Å². The van der Waals surface area contributed by atoms with E-state index in [1.807, 2.05) is 0 Å². The van der Waals surface area contributed by atoms with E-state index in [0.29, 0.717) is 0 Å². The van der Waals surface area contributed by atoms with Crippen molar-refractivity contribution < 1.29 is 18.0 Å². The first kappa shape index (κ1) is 13.4. The molecule has 90 valence electrons. The highest BCUT2D eigenvalue weighted by molar-refractivity contribution is 6.30. The maximum Gasteiger partial charge on any atom is 0.417 e. The molecule has 0 spiro atoms. The molecule has 2 N–H and O–H groups in total. The maximum atomic E-state index is 12.6. The number of amides is 1. The Morgan fingerprint density at radius 2 is 2.06 bits per heavy atom. The molecule has 0 aliphatic rings. The third-order valence-corrected chi connectivity index (χ3v) is 2.01. The van der Waals surface area contributed by atoms with Gasteiger partial charge in [-0.1, -0.05) is 23.4 Å². The molecule has 0 aromatic heterocycles. The minimum Gasteiger partial charge on any atom is -0.369 e. The van der Waals surface area contributed by atoms with Gasteiger partial charge in [0.2, 0.25) is 5.91 Å². The Morgan fingerprint density at radius 3 is 2.59 bits per heavy atom. The summed E-state index contributed by atoms with van der Waals surface area (Å²) < 4.78 is 37.8. The summed E-state index contributed by atoms with van der Waals surface area (Å²) in [7, 11) is 0. The van der Waals surface area contributed by atoms with Crippen molar-refractivity contribution in [3.8, 4) is 11.8 Å². The number of halogens is 4. The lowest BCUT2D eigenvalue weighted by Crippen LogP contribution is -2.09. The third-order valence-electron chi connectivity index (χ3n) is 1.77. The Kier molecular flexibility index (Phi) is 4.02. The molecule has 1 aromatic rings. The molecule has 0 saturated carbocycles. The average molecular weight is 262 g/mol. The first-order chi connectivity index (χ1) is 7.80. The second-order valence-corrected chi connectivity index (χ2v) is 3.57. The summed E-state index contributed by atoms with van der Waals surface area (Å²) in [4.78, 5) is 10.4. The summed E-state index contributed by atoms with van der Waals surface area (Å²) >= 11 is 5.49. The number of primary amides is 1. The highest BCUT2D eigenvalue weighted by Gasteiger charge is 2.33. The quantitative estimate of drug-likeness (QED) is 0.776. The van der Waals surface area contributed by atoms with Crippen LogP contribution in [-0.4, -0.2) is 5.91 Å². The highest BCUT2D eigenvalue weighted by atomic mass is 35.5. The number of alkyl halides is 3. The molecule has 17 heavy (non-hydrogen) atoms. The number of benzene rings is 1. The molecule has 1 aromatic carbocycles. The van der Waals surface area contributed by atoms with Crippen molar-refractivity contribution in [2.45, 2.75) is 12.6 Å². The zero-order chi connectivity index (χ0) is 13.1. The first-order valence-corrected chi connectivity index (χ1v) is 4.82. The van der Waals surface area contributed by atoms with E-state index in [1.54, 1.807) is 0 Å². The molecule has 2 nitrogen and oxygen atoms in total. The van der Waals surface area contributed by atoms with Crippen molar-refractivity contribution in [2.75, 3.05) is 0 Å². The molecule has 0 heterocycles. The molecule has 1 amide bonds. The summed E-state index contributed by atoms with van der Waals surface area (Å²) in [6.07, 6.45) is -4.83. The zero-order valence-electron chi connectivity index (χ0n) is 8.44. The Bertz CT molecular complexity index is 500. The third kappa shape index (κ3) is 4.00. The largest absolute Gasteiger partial charge is 0.417 e. The summed E-state index contributed by atoms with van der Waals surface area (Å²) in [6.45, 7) is 0. The van der Waals surface area contributed by atoms with Crippen LogP contribution in [-0.2, 0) is 11.0 Å². The smallest absolute Gasteiger partial charge is 0.369 e. The van der Waals surface area contributed by atoms with E-state index in [9.17, 15) is 18.0 Å². The van der Waals surface area contributed by atoms with Crippen LogP contribution in [0.2, 0.25) is 5.02 Å². The van der Waals surface area contributed by atoms with E-state index < -0.39 is 17.6 Å². The van der Waals surface area contributed by atoms with E-state index in [-0.39, 0.29) is 17.0 Å². The number of hydrogen-bond acceptors (Lipinski definition) is 1. The van der Waals surface area contributed by atoms with Crippen LogP contribution >= 0.6 is 11.6 Å². The number of rotatable bonds is 1. The van der Waals surface area contributed by atoms with Crippen molar-refractivity contribution >= 4 is 17.5 Å². The number of carbonyl (C=O) groups is 1. The summed E-state index contributed by atoms with van der Waals surface area (Å²) in [5, 5.41) is -0.0298. The molecule has 0 radical (unpaired) electrons. The van der Waals surface area contributed by atoms with Crippen molar-refractivity contribution in [1.29, 1.82) is 0 Å². The molecule has 0 fully saturated rings. The summed E-state index contributed by atoms with van der Waals surface area (Å²) in [6, 6.07) is 3.24. The van der Waals surface area contributed by atoms with Gasteiger partial charge in [0, 0.05) is 10.6 Å². The number of hydrogen-bond donors (Lipinski definition) is 1. The monoisotopic (exact) mass is 261 g/mol. The normalized spacial score (nSPS) is 10.6. The molecular formula is C11H7ClF3NO. The zero-order valence-corrected chi connectivity index (χ0v) is 9.19. The fraction of sp³-hybridized carbons (Fsp3) is 0.182. The van der Waals surface area contributed by atoms with E-state index in [4.69, 9.17) is 17.3 Å². The molecule has 0 atom stereocenters. The number of nitrogens with two attached hydrogens (primary N) is 1. The van der Waals surface area contributed by atoms with Gasteiger partial charge in [-0.2, -0.15) is 13.2 Å². The molecule has 0 aliphatic carbocycles. The fourth-order valence-electron chi connectivity index (χ4n) is 1.09. The molecule has 0 unspecified atom stereocenters. The van der Waals surface area contributed by atoms with Crippen LogP contribution in [0.25, 0.3) is 0 Å². The lowest BCUT2D eigenvalue weighted by Gasteiger charge is -2.09. The highest BCUT2D eigenvalue weighted by Crippen LogP contribution is 2.33. The van der Waals surface area contributed by atoms with Crippen LogP contribution in [0.3, 0.4) is 0 Å². The summed E-state index contributed by atoms with van der Waals surface area (Å²) in [5.74, 6) is 3.82. The van der Waals surface area contributed by atoms with Crippen molar-refractivity contribution in [2.24, 2.45) is 5.73 Å². The van der Waals surface area contributed by atoms with Gasteiger partial charge in [-0.05, 0) is 18.2 Å². The Morgan fingerprint density at radius 1 is 1.41 bits per heavy atom. The lowest BCUT2D eigenvalue weighted by molar-refractivity contribution is -0.137. The van der Waals surface area contributed by atoms with Gasteiger partial charge in [-0.25, -0.2) is 0 Å². The lowest BCUT2D eigenvalue weighted by atomic mass is 10.1. The minimum atomic E-state index is -4.54. The molecule has 0 bridgehead atoms.